The average molecular weight is 498 g/mol. The topological polar surface area (TPSA) is 108 Å². The summed E-state index contributed by atoms with van der Waals surface area (Å²) in [6.07, 6.45) is 10.8. The van der Waals surface area contributed by atoms with E-state index in [1.54, 1.807) is 18.7 Å². The molecule has 0 bridgehead atoms. The van der Waals surface area contributed by atoms with Crippen LogP contribution in [-0.2, 0) is 13.1 Å². The molecule has 0 fully saturated rings. The van der Waals surface area contributed by atoms with Crippen molar-refractivity contribution < 1.29 is 4.42 Å². The Balaban J connectivity index is 1.20. The number of furan rings is 1. The molecule has 0 unspecified atom stereocenters. The molecule has 6 heterocycles. The first-order chi connectivity index (χ1) is 18.8. The van der Waals surface area contributed by atoms with Crippen LogP contribution < -0.4 is 5.32 Å². The van der Waals surface area contributed by atoms with Crippen molar-refractivity contribution in [3.63, 3.8) is 0 Å². The molecule has 0 atom stereocenters. The molecule has 0 spiro atoms. The number of H-pyrrole nitrogens is 2. The Morgan fingerprint density at radius 2 is 1.66 bits per heavy atom. The van der Waals surface area contributed by atoms with Gasteiger partial charge in [-0.2, -0.15) is 5.10 Å². The second kappa shape index (κ2) is 9.42. The van der Waals surface area contributed by atoms with Crippen molar-refractivity contribution in [2.24, 2.45) is 0 Å². The van der Waals surface area contributed by atoms with E-state index in [9.17, 15) is 0 Å². The fraction of sp³-hybridized carbons (Fsp3) is 0.0667. The Kier molecular flexibility index (Phi) is 5.49. The maximum Gasteiger partial charge on any atom is 0.155 e. The van der Waals surface area contributed by atoms with Crippen molar-refractivity contribution in [3.8, 4) is 33.6 Å². The van der Waals surface area contributed by atoms with E-state index in [1.807, 2.05) is 36.8 Å². The number of hydrogen-bond donors (Lipinski definition) is 3. The first-order valence-corrected chi connectivity index (χ1v) is 12.4. The summed E-state index contributed by atoms with van der Waals surface area (Å²) >= 11 is 0. The maximum absolute atomic E-state index is 5.29. The zero-order chi connectivity index (χ0) is 25.3. The highest BCUT2D eigenvalue weighted by Gasteiger charge is 2.16. The van der Waals surface area contributed by atoms with Gasteiger partial charge in [-0.15, -0.1) is 0 Å². The summed E-state index contributed by atoms with van der Waals surface area (Å²) in [5.41, 5.74) is 9.57. The van der Waals surface area contributed by atoms with Gasteiger partial charge in [0, 0.05) is 65.3 Å². The van der Waals surface area contributed by atoms with Gasteiger partial charge in [-0.1, -0.05) is 30.3 Å². The monoisotopic (exact) mass is 497 g/mol. The number of pyridine rings is 3. The smallest absolute Gasteiger partial charge is 0.155 e. The first kappa shape index (κ1) is 22.1. The van der Waals surface area contributed by atoms with Crippen molar-refractivity contribution in [2.45, 2.75) is 13.1 Å². The van der Waals surface area contributed by atoms with Crippen LogP contribution in [0.3, 0.4) is 0 Å². The number of hydrogen-bond acceptors (Lipinski definition) is 6. The van der Waals surface area contributed by atoms with E-state index in [0.717, 1.165) is 74.4 Å². The zero-order valence-electron chi connectivity index (χ0n) is 20.3. The standard InChI is InChI=1S/C30H23N7O/c1-2-4-19(5-3-1)13-31-14-20-10-22(16-32-15-20)23-11-26-28(36-37-30(26)34-17-23)27-12-25-24(21-7-9-38-18-21)6-8-33-29(25)35-27/h1-12,15-18,31H,13-14H2,(H,33,35)(H,34,36,37). The molecule has 0 radical (unpaired) electrons. The molecule has 8 heteroatoms. The molecule has 0 amide bonds. The van der Waals surface area contributed by atoms with Crippen LogP contribution in [0.4, 0.5) is 0 Å². The Morgan fingerprint density at radius 1 is 0.763 bits per heavy atom. The minimum absolute atomic E-state index is 0.721. The number of aromatic nitrogens is 6. The Morgan fingerprint density at radius 3 is 2.55 bits per heavy atom. The van der Waals surface area contributed by atoms with E-state index in [1.165, 1.54) is 5.56 Å². The second-order valence-electron chi connectivity index (χ2n) is 9.18. The molecule has 7 rings (SSSR count). The number of rotatable bonds is 7. The molecule has 0 saturated carbocycles. The van der Waals surface area contributed by atoms with Crippen molar-refractivity contribution in [2.75, 3.05) is 0 Å². The van der Waals surface area contributed by atoms with Crippen LogP contribution in [0.25, 0.3) is 55.7 Å². The summed E-state index contributed by atoms with van der Waals surface area (Å²) in [6.45, 7) is 1.53. The Labute approximate surface area is 217 Å². The summed E-state index contributed by atoms with van der Waals surface area (Å²) < 4.78 is 5.29. The molecule has 0 aliphatic heterocycles. The number of fused-ring (bicyclic) bond motifs is 2. The van der Waals surface area contributed by atoms with Crippen LogP contribution in [-0.4, -0.2) is 30.1 Å². The van der Waals surface area contributed by atoms with Gasteiger partial charge in [0.25, 0.3) is 0 Å². The van der Waals surface area contributed by atoms with Crippen LogP contribution >= 0.6 is 0 Å². The number of benzene rings is 1. The zero-order valence-corrected chi connectivity index (χ0v) is 20.3. The molecule has 3 N–H and O–H groups in total. The summed E-state index contributed by atoms with van der Waals surface area (Å²) in [5, 5.41) is 13.1. The van der Waals surface area contributed by atoms with E-state index in [4.69, 9.17) is 4.42 Å². The number of nitrogens with one attached hydrogen (secondary N) is 3. The van der Waals surface area contributed by atoms with E-state index in [0.29, 0.717) is 0 Å². The fourth-order valence-corrected chi connectivity index (χ4v) is 4.78. The largest absolute Gasteiger partial charge is 0.472 e. The first-order valence-electron chi connectivity index (χ1n) is 12.4. The summed E-state index contributed by atoms with van der Waals surface area (Å²) in [6, 6.07) is 20.6. The molecule has 1 aromatic carbocycles. The lowest BCUT2D eigenvalue weighted by molar-refractivity contribution is 0.568. The van der Waals surface area contributed by atoms with Gasteiger partial charge in [0.2, 0.25) is 0 Å². The molecule has 0 aliphatic rings. The van der Waals surface area contributed by atoms with E-state index >= 15 is 0 Å². The summed E-state index contributed by atoms with van der Waals surface area (Å²) in [5.74, 6) is 0. The van der Waals surface area contributed by atoms with Crippen molar-refractivity contribution >= 4 is 22.1 Å². The lowest BCUT2D eigenvalue weighted by Crippen LogP contribution is -2.12. The summed E-state index contributed by atoms with van der Waals surface area (Å²) in [4.78, 5) is 17.1. The van der Waals surface area contributed by atoms with Crippen LogP contribution in [0.15, 0.2) is 102 Å². The third-order valence-electron chi connectivity index (χ3n) is 6.66. The van der Waals surface area contributed by atoms with Gasteiger partial charge in [-0.3, -0.25) is 10.1 Å². The molecule has 38 heavy (non-hydrogen) atoms. The quantitative estimate of drug-likeness (QED) is 0.245. The Bertz CT molecular complexity index is 1850. The van der Waals surface area contributed by atoms with Crippen LogP contribution in [0.1, 0.15) is 11.1 Å². The van der Waals surface area contributed by atoms with E-state index < -0.39 is 0 Å². The Hall–Kier alpha value is -5.08. The van der Waals surface area contributed by atoms with Crippen molar-refractivity contribution in [1.82, 2.24) is 35.5 Å². The molecule has 0 saturated heterocycles. The van der Waals surface area contributed by atoms with Gasteiger partial charge < -0.3 is 14.7 Å². The lowest BCUT2D eigenvalue weighted by atomic mass is 10.0. The molecule has 8 nitrogen and oxygen atoms in total. The molecular weight excluding hydrogens is 474 g/mol. The van der Waals surface area contributed by atoms with E-state index in [-0.39, 0.29) is 0 Å². The van der Waals surface area contributed by atoms with Crippen LogP contribution in [0.5, 0.6) is 0 Å². The van der Waals surface area contributed by atoms with Gasteiger partial charge in [0.15, 0.2) is 5.65 Å². The van der Waals surface area contributed by atoms with Crippen molar-refractivity contribution in [3.05, 3.63) is 109 Å². The highest BCUT2D eigenvalue weighted by molar-refractivity contribution is 5.99. The maximum atomic E-state index is 5.29. The van der Waals surface area contributed by atoms with Crippen LogP contribution in [0, 0.1) is 0 Å². The number of aromatic amines is 2. The lowest BCUT2D eigenvalue weighted by Gasteiger charge is -2.07. The molecule has 7 aromatic rings. The molecule has 6 aromatic heterocycles. The van der Waals surface area contributed by atoms with Gasteiger partial charge in [-0.05, 0) is 47.0 Å². The van der Waals surface area contributed by atoms with Gasteiger partial charge >= 0.3 is 0 Å². The minimum atomic E-state index is 0.721. The molecular formula is C30H23N7O. The third kappa shape index (κ3) is 4.12. The molecule has 184 valence electrons. The third-order valence-corrected chi connectivity index (χ3v) is 6.66. The SMILES string of the molecule is c1ccc(CNCc2cncc(-c3cnc4[nH]nc(-c5cc6c(-c7ccoc7)ccnc6[nH]5)c4c3)c2)cc1. The van der Waals surface area contributed by atoms with Crippen molar-refractivity contribution in [1.29, 1.82) is 0 Å². The minimum Gasteiger partial charge on any atom is -0.472 e. The summed E-state index contributed by atoms with van der Waals surface area (Å²) in [7, 11) is 0. The van der Waals surface area contributed by atoms with Gasteiger partial charge in [-0.25, -0.2) is 9.97 Å². The van der Waals surface area contributed by atoms with Crippen LogP contribution in [0.2, 0.25) is 0 Å². The highest BCUT2D eigenvalue weighted by atomic mass is 16.3. The van der Waals surface area contributed by atoms with E-state index in [2.05, 4.69) is 77.9 Å². The average Bonchev–Trinajstić information content (AvgIpc) is 3.73. The predicted molar refractivity (Wildman–Crippen MR) is 147 cm³/mol. The second-order valence-corrected chi connectivity index (χ2v) is 9.18. The number of nitrogens with zero attached hydrogens (tertiary/aromatic N) is 4. The highest BCUT2D eigenvalue weighted by Crippen LogP contribution is 2.34. The predicted octanol–water partition coefficient (Wildman–Crippen LogP) is 6.11. The normalized spacial score (nSPS) is 11.5. The fourth-order valence-electron chi connectivity index (χ4n) is 4.78. The molecule has 0 aliphatic carbocycles. The van der Waals surface area contributed by atoms with Gasteiger partial charge in [0.05, 0.1) is 18.2 Å². The van der Waals surface area contributed by atoms with Gasteiger partial charge in [0.1, 0.15) is 11.3 Å².